The zero-order chi connectivity index (χ0) is 19.8. The van der Waals surface area contributed by atoms with Crippen LogP contribution in [-0.2, 0) is 23.9 Å². The highest BCUT2D eigenvalue weighted by atomic mass is 16.6. The molecule has 0 aromatic rings. The van der Waals surface area contributed by atoms with Crippen molar-refractivity contribution in [1.29, 1.82) is 0 Å². The minimum absolute atomic E-state index is 0.0459. The van der Waals surface area contributed by atoms with Crippen LogP contribution in [-0.4, -0.2) is 41.6 Å². The van der Waals surface area contributed by atoms with Crippen molar-refractivity contribution < 1.29 is 23.9 Å². The Labute approximate surface area is 151 Å². The van der Waals surface area contributed by atoms with E-state index in [4.69, 9.17) is 15.2 Å². The Morgan fingerprint density at radius 2 is 1.64 bits per heavy atom. The zero-order valence-corrected chi connectivity index (χ0v) is 16.5. The second-order valence-corrected chi connectivity index (χ2v) is 7.61. The van der Waals surface area contributed by atoms with E-state index in [-0.39, 0.29) is 24.1 Å². The first kappa shape index (κ1) is 23.5. The molecule has 0 bridgehead atoms. The first-order valence-electron chi connectivity index (χ1n) is 8.81. The van der Waals surface area contributed by atoms with Gasteiger partial charge >= 0.3 is 11.9 Å². The van der Waals surface area contributed by atoms with Crippen molar-refractivity contribution in [2.24, 2.45) is 11.7 Å². The fraction of sp³-hybridized carbons (Fsp3) is 0.833. The molecule has 0 radical (unpaired) electrons. The molecule has 0 heterocycles. The lowest BCUT2D eigenvalue weighted by Crippen LogP contribution is -2.45. The third-order valence-electron chi connectivity index (χ3n) is 3.39. The number of carbonyl (C=O) groups is 3. The first-order chi connectivity index (χ1) is 11.3. The number of esters is 2. The third-order valence-corrected chi connectivity index (χ3v) is 3.39. The molecule has 0 aliphatic rings. The lowest BCUT2D eigenvalue weighted by molar-refractivity contribution is -0.156. The van der Waals surface area contributed by atoms with Gasteiger partial charge in [0.1, 0.15) is 11.6 Å². The number of nitrogens with two attached hydrogens (primary N) is 1. The van der Waals surface area contributed by atoms with Crippen LogP contribution in [0.5, 0.6) is 0 Å². The predicted molar refractivity (Wildman–Crippen MR) is 95.7 cm³/mol. The highest BCUT2D eigenvalue weighted by molar-refractivity contribution is 5.85. The van der Waals surface area contributed by atoms with Gasteiger partial charge in [-0.25, -0.2) is 0 Å². The second-order valence-electron chi connectivity index (χ2n) is 7.61. The molecular weight excluding hydrogens is 324 g/mol. The number of ketones is 1. The topological polar surface area (TPSA) is 108 Å². The van der Waals surface area contributed by atoms with Crippen LogP contribution in [0.15, 0.2) is 0 Å². The van der Waals surface area contributed by atoms with Crippen LogP contribution >= 0.6 is 0 Å². The van der Waals surface area contributed by atoms with Gasteiger partial charge in [-0.3, -0.25) is 19.7 Å². The van der Waals surface area contributed by atoms with E-state index in [1.807, 2.05) is 13.8 Å². The van der Waals surface area contributed by atoms with Gasteiger partial charge in [0.05, 0.1) is 6.04 Å². The molecule has 7 nitrogen and oxygen atoms in total. The lowest BCUT2D eigenvalue weighted by atomic mass is 10.0. The van der Waals surface area contributed by atoms with Gasteiger partial charge in [0.15, 0.2) is 12.0 Å². The molecule has 0 spiro atoms. The lowest BCUT2D eigenvalue weighted by Gasteiger charge is -2.22. The maximum absolute atomic E-state index is 12.0. The summed E-state index contributed by atoms with van der Waals surface area (Å²) in [6, 6.07) is -1.23. The molecule has 0 aliphatic carbocycles. The van der Waals surface area contributed by atoms with Crippen LogP contribution in [0, 0.1) is 5.92 Å². The van der Waals surface area contributed by atoms with Crippen LogP contribution in [0.1, 0.15) is 67.7 Å². The van der Waals surface area contributed by atoms with Crippen molar-refractivity contribution in [2.45, 2.75) is 91.6 Å². The van der Waals surface area contributed by atoms with E-state index in [2.05, 4.69) is 5.32 Å². The molecule has 7 heteroatoms. The Morgan fingerprint density at radius 3 is 2.12 bits per heavy atom. The van der Waals surface area contributed by atoms with Crippen LogP contribution in [0.25, 0.3) is 0 Å². The van der Waals surface area contributed by atoms with Gasteiger partial charge in [0.25, 0.3) is 0 Å². The average molecular weight is 358 g/mol. The fourth-order valence-corrected chi connectivity index (χ4v) is 2.21. The Hall–Kier alpha value is -1.47. The molecule has 0 aromatic heterocycles. The molecule has 3 atom stereocenters. The van der Waals surface area contributed by atoms with Crippen LogP contribution in [0.4, 0.5) is 0 Å². The van der Waals surface area contributed by atoms with Gasteiger partial charge in [0.2, 0.25) is 0 Å². The SMILES string of the molecule is CC(N[C@@H](C)C(=O)C(C)C)OC(=O)[C@@H](N)CCCC(=O)OC(C)(C)C. The van der Waals surface area contributed by atoms with E-state index >= 15 is 0 Å². The minimum atomic E-state index is -0.817. The molecule has 1 unspecified atom stereocenters. The number of ether oxygens (including phenoxy) is 2. The molecule has 0 saturated heterocycles. The fourth-order valence-electron chi connectivity index (χ4n) is 2.21. The van der Waals surface area contributed by atoms with Crippen LogP contribution in [0.3, 0.4) is 0 Å². The molecule has 146 valence electrons. The standard InChI is InChI=1S/C18H34N2O5/c1-11(2)16(22)12(3)20-13(4)24-17(23)14(19)9-8-10-15(21)25-18(5,6)7/h11-14,20H,8-10,19H2,1-7H3/t12-,13?,14-/m0/s1. The van der Waals surface area contributed by atoms with E-state index < -0.39 is 29.9 Å². The van der Waals surface area contributed by atoms with Gasteiger partial charge in [-0.1, -0.05) is 13.8 Å². The maximum Gasteiger partial charge on any atom is 0.324 e. The summed E-state index contributed by atoms with van der Waals surface area (Å²) in [4.78, 5) is 35.4. The van der Waals surface area contributed by atoms with Crippen molar-refractivity contribution in [1.82, 2.24) is 5.32 Å². The third kappa shape index (κ3) is 10.9. The molecule has 0 rings (SSSR count). The molecule has 0 fully saturated rings. The number of hydrogen-bond donors (Lipinski definition) is 2. The van der Waals surface area contributed by atoms with Crippen molar-refractivity contribution in [3.05, 3.63) is 0 Å². The average Bonchev–Trinajstić information content (AvgIpc) is 2.43. The molecule has 0 aliphatic heterocycles. The summed E-state index contributed by atoms with van der Waals surface area (Å²) in [5.74, 6) is -0.928. The first-order valence-corrected chi connectivity index (χ1v) is 8.81. The van der Waals surface area contributed by atoms with Gasteiger partial charge in [-0.15, -0.1) is 0 Å². The van der Waals surface area contributed by atoms with E-state index in [9.17, 15) is 14.4 Å². The highest BCUT2D eigenvalue weighted by Gasteiger charge is 2.23. The van der Waals surface area contributed by atoms with Gasteiger partial charge in [0, 0.05) is 12.3 Å². The summed E-state index contributed by atoms with van der Waals surface area (Å²) >= 11 is 0. The second kappa shape index (κ2) is 10.5. The Kier molecular flexibility index (Phi) is 9.89. The number of nitrogens with one attached hydrogen (secondary N) is 1. The molecule has 0 amide bonds. The summed E-state index contributed by atoms with van der Waals surface area (Å²) < 4.78 is 10.4. The number of Topliss-reactive ketones (excluding diaryl/α,β-unsaturated/α-hetero) is 1. The number of carbonyl (C=O) groups excluding carboxylic acids is 3. The smallest absolute Gasteiger partial charge is 0.324 e. The molecule has 0 saturated carbocycles. The molecule has 0 aromatic carbocycles. The summed E-state index contributed by atoms with van der Waals surface area (Å²) in [5.41, 5.74) is 5.27. The predicted octanol–water partition coefficient (Wildman–Crippen LogP) is 1.92. The van der Waals surface area contributed by atoms with E-state index in [1.165, 1.54) is 0 Å². The Bertz CT molecular complexity index is 457. The summed E-state index contributed by atoms with van der Waals surface area (Å²) in [5, 5.41) is 2.92. The minimum Gasteiger partial charge on any atom is -0.460 e. The van der Waals surface area contributed by atoms with Gasteiger partial charge in [-0.2, -0.15) is 0 Å². The number of hydrogen-bond acceptors (Lipinski definition) is 7. The van der Waals surface area contributed by atoms with Crippen molar-refractivity contribution >= 4 is 17.7 Å². The van der Waals surface area contributed by atoms with Crippen molar-refractivity contribution in [3.63, 3.8) is 0 Å². The monoisotopic (exact) mass is 358 g/mol. The maximum atomic E-state index is 12.0. The number of rotatable bonds is 10. The quantitative estimate of drug-likeness (QED) is 0.454. The summed E-state index contributed by atoms with van der Waals surface area (Å²) in [6.07, 6.45) is 0.342. The molecule has 25 heavy (non-hydrogen) atoms. The summed E-state index contributed by atoms with van der Waals surface area (Å²) in [7, 11) is 0. The molecular formula is C18H34N2O5. The van der Waals surface area contributed by atoms with Crippen LogP contribution < -0.4 is 11.1 Å². The van der Waals surface area contributed by atoms with E-state index in [0.29, 0.717) is 12.8 Å². The van der Waals surface area contributed by atoms with E-state index in [0.717, 1.165) is 0 Å². The van der Waals surface area contributed by atoms with Gasteiger partial charge in [-0.05, 0) is 47.5 Å². The van der Waals surface area contributed by atoms with Crippen LogP contribution in [0.2, 0.25) is 0 Å². The largest absolute Gasteiger partial charge is 0.460 e. The van der Waals surface area contributed by atoms with Crippen molar-refractivity contribution in [2.75, 3.05) is 0 Å². The Morgan fingerprint density at radius 1 is 1.08 bits per heavy atom. The molecule has 3 N–H and O–H groups in total. The Balaban J connectivity index is 4.17. The van der Waals surface area contributed by atoms with Crippen molar-refractivity contribution in [3.8, 4) is 0 Å². The summed E-state index contributed by atoms with van der Waals surface area (Å²) in [6.45, 7) is 12.4. The van der Waals surface area contributed by atoms with E-state index in [1.54, 1.807) is 34.6 Å². The van der Waals surface area contributed by atoms with Gasteiger partial charge < -0.3 is 15.2 Å². The zero-order valence-electron chi connectivity index (χ0n) is 16.5. The normalized spacial score (nSPS) is 15.4. The highest BCUT2D eigenvalue weighted by Crippen LogP contribution is 2.11.